The van der Waals surface area contributed by atoms with Crippen LogP contribution in [0.2, 0.25) is 19.6 Å². The summed E-state index contributed by atoms with van der Waals surface area (Å²) in [7, 11) is -1.48. The second-order valence-corrected chi connectivity index (χ2v) is 21.8. The smallest absolute Gasteiger partial charge is 0.421 e. The maximum Gasteiger partial charge on any atom is 0.421 e. The van der Waals surface area contributed by atoms with Crippen LogP contribution in [0.3, 0.4) is 0 Å². The maximum atomic E-state index is 13.0. The highest BCUT2D eigenvalue weighted by Gasteiger charge is 2.27. The van der Waals surface area contributed by atoms with Crippen LogP contribution in [-0.4, -0.2) is 62.3 Å². The molecule has 4 rings (SSSR count). The van der Waals surface area contributed by atoms with Crippen LogP contribution in [0.25, 0.3) is 22.5 Å². The number of hydrogen-bond acceptors (Lipinski definition) is 9. The zero-order valence-corrected chi connectivity index (χ0v) is 35.1. The number of amides is 1. The molecule has 3 N–H and O–H groups in total. The number of nitrogens with one attached hydrogen (secondary N) is 1. The number of rotatable bonds is 3. The second kappa shape index (κ2) is 16.4. The van der Waals surface area contributed by atoms with Crippen molar-refractivity contribution in [2.45, 2.75) is 98.8 Å². The molecule has 2 aromatic heterocycles. The molecule has 0 fully saturated rings. The zero-order chi connectivity index (χ0) is 39.2. The number of hydrogen-bond donors (Lipinski definition) is 2. The van der Waals surface area contributed by atoms with E-state index in [4.69, 9.17) is 19.9 Å². The van der Waals surface area contributed by atoms with Crippen LogP contribution in [0.1, 0.15) is 67.9 Å². The van der Waals surface area contributed by atoms with Crippen LogP contribution >= 0.6 is 22.6 Å². The van der Waals surface area contributed by atoms with E-state index in [1.165, 1.54) is 15.3 Å². The lowest BCUT2D eigenvalue weighted by molar-refractivity contribution is 0.0529. The number of carbonyl (C=O) groups excluding carboxylic acids is 3. The molecule has 14 heteroatoms. The minimum Gasteiger partial charge on any atom is -0.444 e. The summed E-state index contributed by atoms with van der Waals surface area (Å²) in [6, 6.07) is 15.3. The predicted octanol–water partition coefficient (Wildman–Crippen LogP) is 9.43. The first kappa shape index (κ1) is 41.8. The molecule has 2 heterocycles. The van der Waals surface area contributed by atoms with Crippen LogP contribution in [0.4, 0.5) is 26.3 Å². The fourth-order valence-electron chi connectivity index (χ4n) is 4.20. The van der Waals surface area contributed by atoms with E-state index in [-0.39, 0.29) is 11.9 Å². The van der Waals surface area contributed by atoms with Gasteiger partial charge < -0.3 is 19.9 Å². The Bertz CT molecular complexity index is 1950. The fourth-order valence-corrected chi connectivity index (χ4v) is 5.08. The monoisotopic (exact) mass is 840 g/mol. The molecule has 0 aliphatic rings. The van der Waals surface area contributed by atoms with E-state index in [2.05, 4.69) is 69.0 Å². The molecule has 0 saturated carbocycles. The lowest BCUT2D eigenvalue weighted by Crippen LogP contribution is -2.31. The SMILES string of the molecule is CC(C)(C)OC(=O)Nc1ncc(-c2ccc(C#C[Si](C)(C)C)cc2)n1C(=O)OC(C)(C)C.CC(C)(C)OC(=O)n1c(-c2ccc(I)cc2)cnc1N. The highest BCUT2D eigenvalue weighted by atomic mass is 127. The van der Waals surface area contributed by atoms with Crippen molar-refractivity contribution in [2.24, 2.45) is 0 Å². The average Bonchev–Trinajstić information content (AvgIpc) is 3.57. The van der Waals surface area contributed by atoms with Crippen molar-refractivity contribution in [2.75, 3.05) is 11.1 Å². The number of ether oxygens (including phenoxy) is 3. The quantitative estimate of drug-likeness (QED) is 0.0890. The third-order valence-corrected chi connectivity index (χ3v) is 7.81. The predicted molar refractivity (Wildman–Crippen MR) is 216 cm³/mol. The summed E-state index contributed by atoms with van der Waals surface area (Å²) < 4.78 is 19.8. The van der Waals surface area contributed by atoms with Gasteiger partial charge in [0.15, 0.2) is 0 Å². The molecule has 2 aromatic carbocycles. The normalized spacial score (nSPS) is 11.7. The van der Waals surface area contributed by atoms with E-state index in [1.54, 1.807) is 47.7 Å². The Morgan fingerprint density at radius 1 is 0.712 bits per heavy atom. The van der Waals surface area contributed by atoms with E-state index in [0.29, 0.717) is 11.4 Å². The van der Waals surface area contributed by atoms with Crippen molar-refractivity contribution in [3.63, 3.8) is 0 Å². The van der Waals surface area contributed by atoms with Crippen molar-refractivity contribution < 1.29 is 28.6 Å². The Labute approximate surface area is 321 Å². The summed E-state index contributed by atoms with van der Waals surface area (Å²) in [5.74, 6) is 3.35. The van der Waals surface area contributed by atoms with Gasteiger partial charge in [-0.1, -0.05) is 49.8 Å². The van der Waals surface area contributed by atoms with Crippen molar-refractivity contribution >= 4 is 60.8 Å². The van der Waals surface area contributed by atoms with E-state index in [9.17, 15) is 14.4 Å². The second-order valence-electron chi connectivity index (χ2n) is 15.8. The first-order valence-electron chi connectivity index (χ1n) is 16.6. The van der Waals surface area contributed by atoms with Crippen molar-refractivity contribution in [3.8, 4) is 34.0 Å². The summed E-state index contributed by atoms with van der Waals surface area (Å²) in [6.45, 7) is 22.6. The number of imidazole rings is 2. The molecule has 0 saturated heterocycles. The highest BCUT2D eigenvalue weighted by Crippen LogP contribution is 2.27. The van der Waals surface area contributed by atoms with Gasteiger partial charge in [-0.3, -0.25) is 5.32 Å². The Balaban J connectivity index is 0.000000311. The molecule has 278 valence electrons. The number of nitrogens with zero attached hydrogens (tertiary/aromatic N) is 4. The van der Waals surface area contributed by atoms with E-state index >= 15 is 0 Å². The van der Waals surface area contributed by atoms with Gasteiger partial charge in [0.2, 0.25) is 11.9 Å². The summed E-state index contributed by atoms with van der Waals surface area (Å²) in [5.41, 5.74) is 10.7. The van der Waals surface area contributed by atoms with E-state index in [0.717, 1.165) is 20.3 Å². The number of anilines is 2. The summed E-state index contributed by atoms with van der Waals surface area (Å²) in [5, 5.41) is 2.54. The van der Waals surface area contributed by atoms with Crippen molar-refractivity contribution in [3.05, 3.63) is 70.1 Å². The molecule has 0 aliphatic carbocycles. The molecule has 0 radical (unpaired) electrons. The van der Waals surface area contributed by atoms with E-state index in [1.807, 2.05) is 69.3 Å². The average molecular weight is 841 g/mol. The minimum absolute atomic E-state index is 0.0195. The third kappa shape index (κ3) is 13.2. The number of carbonyl (C=O) groups is 3. The molecule has 1 amide bonds. The molecular formula is C38H49IN6O6Si. The standard InChI is InChI=1S/C24H33N3O4Si.C14H16IN3O2/c1-23(2,3)30-21(28)26-20-25-16-19(27(20)22(29)31-24(4,5)6)18-12-10-17(11-13-18)14-15-32(7,8)9;1-14(2,3)20-13(19)18-11(8-17-12(18)16)9-4-6-10(15)7-5-9/h10-13,16H,1-9H3,(H,25,26,28);4-8H,1-3H3,(H2,16,17). The van der Waals surface area contributed by atoms with Gasteiger partial charge in [0.05, 0.1) is 23.8 Å². The summed E-state index contributed by atoms with van der Waals surface area (Å²) in [4.78, 5) is 45.7. The topological polar surface area (TPSA) is 153 Å². The van der Waals surface area contributed by atoms with Crippen molar-refractivity contribution in [1.82, 2.24) is 19.1 Å². The Morgan fingerprint density at radius 3 is 1.63 bits per heavy atom. The fraction of sp³-hybridized carbons (Fsp3) is 0.395. The molecule has 4 aromatic rings. The number of benzene rings is 2. The Kier molecular flexibility index (Phi) is 13.2. The Hall–Kier alpha value is -4.62. The summed E-state index contributed by atoms with van der Waals surface area (Å²) >= 11 is 2.22. The van der Waals surface area contributed by atoms with Gasteiger partial charge in [-0.25, -0.2) is 33.5 Å². The minimum atomic E-state index is -1.48. The first-order chi connectivity index (χ1) is 23.8. The molecular weight excluding hydrogens is 791 g/mol. The van der Waals surface area contributed by atoms with Gasteiger partial charge in [0, 0.05) is 20.3 Å². The third-order valence-electron chi connectivity index (χ3n) is 6.22. The lowest BCUT2D eigenvalue weighted by Gasteiger charge is -2.22. The first-order valence-corrected chi connectivity index (χ1v) is 21.2. The van der Waals surface area contributed by atoms with Crippen LogP contribution < -0.4 is 11.1 Å². The van der Waals surface area contributed by atoms with Crippen LogP contribution in [0, 0.1) is 15.0 Å². The summed E-state index contributed by atoms with van der Waals surface area (Å²) in [6.07, 6.45) is 1.19. The van der Waals surface area contributed by atoms with Crippen molar-refractivity contribution in [1.29, 1.82) is 0 Å². The molecule has 0 aliphatic heterocycles. The highest BCUT2D eigenvalue weighted by molar-refractivity contribution is 14.1. The van der Waals surface area contributed by atoms with Gasteiger partial charge in [-0.05, 0) is 109 Å². The number of halogens is 1. The zero-order valence-electron chi connectivity index (χ0n) is 32.0. The molecule has 52 heavy (non-hydrogen) atoms. The van der Waals surface area contributed by atoms with Gasteiger partial charge >= 0.3 is 18.3 Å². The molecule has 12 nitrogen and oxygen atoms in total. The Morgan fingerprint density at radius 2 is 1.15 bits per heavy atom. The van der Waals surface area contributed by atoms with Gasteiger partial charge in [-0.2, -0.15) is 0 Å². The maximum absolute atomic E-state index is 13.0. The number of nitrogen functional groups attached to an aromatic ring is 1. The number of aromatic nitrogens is 4. The van der Waals surface area contributed by atoms with Gasteiger partial charge in [0.1, 0.15) is 24.9 Å². The molecule has 0 unspecified atom stereocenters. The van der Waals surface area contributed by atoms with Crippen LogP contribution in [0.15, 0.2) is 60.9 Å². The van der Waals surface area contributed by atoms with Gasteiger partial charge in [0.25, 0.3) is 0 Å². The van der Waals surface area contributed by atoms with Crippen LogP contribution in [0.5, 0.6) is 0 Å². The lowest BCUT2D eigenvalue weighted by atomic mass is 10.1. The van der Waals surface area contributed by atoms with Crippen LogP contribution in [-0.2, 0) is 14.2 Å². The molecule has 0 spiro atoms. The molecule has 0 atom stereocenters. The van der Waals surface area contributed by atoms with Gasteiger partial charge in [-0.15, -0.1) is 5.54 Å². The van der Waals surface area contributed by atoms with E-state index < -0.39 is 43.2 Å². The number of nitrogens with two attached hydrogens (primary N) is 1. The largest absolute Gasteiger partial charge is 0.444 e. The molecule has 0 bridgehead atoms.